The van der Waals surface area contributed by atoms with E-state index < -0.39 is 0 Å². The molecule has 0 spiro atoms. The smallest absolute Gasteiger partial charge is 0.0698 e. The molecule has 4 heteroatoms. The van der Waals surface area contributed by atoms with Crippen LogP contribution in [0.2, 0.25) is 0 Å². The first-order valence-corrected chi connectivity index (χ1v) is 8.13. The molecule has 1 aliphatic heterocycles. The fourth-order valence-electron chi connectivity index (χ4n) is 3.15. The van der Waals surface area contributed by atoms with Crippen LogP contribution in [0, 0.1) is 0 Å². The van der Waals surface area contributed by atoms with E-state index >= 15 is 0 Å². The second-order valence-electron chi connectivity index (χ2n) is 6.78. The van der Waals surface area contributed by atoms with Crippen molar-refractivity contribution in [1.82, 2.24) is 10.2 Å². The molecule has 0 radical (unpaired) electrons. The summed E-state index contributed by atoms with van der Waals surface area (Å²) in [6.07, 6.45) is 6.27. The van der Waals surface area contributed by atoms with Crippen molar-refractivity contribution in [1.29, 1.82) is 0 Å². The molecule has 1 fully saturated rings. The van der Waals surface area contributed by atoms with Gasteiger partial charge in [0.05, 0.1) is 12.7 Å². The van der Waals surface area contributed by atoms with Gasteiger partial charge in [-0.15, -0.1) is 0 Å². The number of nitrogens with one attached hydrogen (secondary N) is 1. The van der Waals surface area contributed by atoms with Crippen LogP contribution in [0.15, 0.2) is 0 Å². The van der Waals surface area contributed by atoms with Gasteiger partial charge in [-0.2, -0.15) is 0 Å². The van der Waals surface area contributed by atoms with Crippen LogP contribution in [0.25, 0.3) is 0 Å². The van der Waals surface area contributed by atoms with E-state index in [1.54, 1.807) is 0 Å². The van der Waals surface area contributed by atoms with E-state index in [0.29, 0.717) is 12.1 Å². The highest BCUT2D eigenvalue weighted by Crippen LogP contribution is 2.17. The van der Waals surface area contributed by atoms with Crippen molar-refractivity contribution < 1.29 is 9.84 Å². The highest BCUT2D eigenvalue weighted by Gasteiger charge is 2.23. The summed E-state index contributed by atoms with van der Waals surface area (Å²) in [5.41, 5.74) is -0.134. The Hall–Kier alpha value is -0.160. The maximum Gasteiger partial charge on any atom is 0.0698 e. The van der Waals surface area contributed by atoms with Crippen molar-refractivity contribution in [3.63, 3.8) is 0 Å². The van der Waals surface area contributed by atoms with E-state index in [4.69, 9.17) is 4.74 Å². The summed E-state index contributed by atoms with van der Waals surface area (Å²) in [6.45, 7) is 10.0. The summed E-state index contributed by atoms with van der Waals surface area (Å²) >= 11 is 0. The molecule has 0 saturated carbocycles. The number of aliphatic hydroxyl groups is 1. The summed E-state index contributed by atoms with van der Waals surface area (Å²) in [4.78, 5) is 2.52. The molecule has 1 rings (SSSR count). The zero-order valence-corrected chi connectivity index (χ0v) is 13.8. The van der Waals surface area contributed by atoms with Crippen molar-refractivity contribution in [2.45, 2.75) is 70.6 Å². The summed E-state index contributed by atoms with van der Waals surface area (Å²) in [5, 5.41) is 13.0. The number of aliphatic hydroxyl groups excluding tert-OH is 1. The number of nitrogens with zero attached hydrogens (tertiary/aromatic N) is 1. The van der Waals surface area contributed by atoms with Gasteiger partial charge < -0.3 is 20.1 Å². The van der Waals surface area contributed by atoms with Gasteiger partial charge in [-0.3, -0.25) is 0 Å². The third-order valence-corrected chi connectivity index (χ3v) is 4.23. The van der Waals surface area contributed by atoms with Gasteiger partial charge in [-0.1, -0.05) is 20.3 Å². The molecular formula is C16H34N2O2. The van der Waals surface area contributed by atoms with E-state index in [-0.39, 0.29) is 12.1 Å². The summed E-state index contributed by atoms with van der Waals surface area (Å²) in [6, 6.07) is 0.414. The molecule has 2 N–H and O–H groups in total. The summed E-state index contributed by atoms with van der Waals surface area (Å²) in [7, 11) is 1.82. The van der Waals surface area contributed by atoms with Crippen LogP contribution in [-0.4, -0.2) is 61.0 Å². The predicted molar refractivity (Wildman–Crippen MR) is 84.1 cm³/mol. The van der Waals surface area contributed by atoms with Crippen molar-refractivity contribution in [3.8, 4) is 0 Å². The average Bonchev–Trinajstić information content (AvgIpc) is 2.43. The minimum atomic E-state index is -0.134. The molecule has 0 aromatic heterocycles. The van der Waals surface area contributed by atoms with E-state index in [9.17, 15) is 5.11 Å². The number of methoxy groups -OCH3 is 1. The normalized spacial score (nSPS) is 24.0. The molecule has 0 aliphatic carbocycles. The summed E-state index contributed by atoms with van der Waals surface area (Å²) in [5.74, 6) is 0. The fraction of sp³-hybridized carbons (Fsp3) is 1.00. The Labute approximate surface area is 124 Å². The zero-order valence-electron chi connectivity index (χ0n) is 13.8. The third kappa shape index (κ3) is 6.53. The number of ether oxygens (including phenoxy) is 1. The Morgan fingerprint density at radius 2 is 2.15 bits per heavy atom. The van der Waals surface area contributed by atoms with Gasteiger partial charge in [0.2, 0.25) is 0 Å². The number of likely N-dealkylation sites (tertiary alicyclic amines) is 1. The first kappa shape index (κ1) is 17.9. The van der Waals surface area contributed by atoms with Crippen LogP contribution in [0.1, 0.15) is 52.9 Å². The number of piperidine rings is 1. The van der Waals surface area contributed by atoms with Crippen molar-refractivity contribution in [2.24, 2.45) is 0 Å². The summed E-state index contributed by atoms with van der Waals surface area (Å²) < 4.78 is 5.46. The van der Waals surface area contributed by atoms with Crippen LogP contribution in [-0.2, 0) is 4.74 Å². The van der Waals surface area contributed by atoms with Gasteiger partial charge in [-0.25, -0.2) is 0 Å². The maximum atomic E-state index is 9.56. The fourth-order valence-corrected chi connectivity index (χ4v) is 3.15. The van der Waals surface area contributed by atoms with E-state index in [1.165, 1.54) is 25.8 Å². The molecule has 4 nitrogen and oxygen atoms in total. The molecule has 0 aromatic rings. The molecule has 1 saturated heterocycles. The van der Waals surface area contributed by atoms with Crippen LogP contribution in [0.5, 0.6) is 0 Å². The first-order valence-electron chi connectivity index (χ1n) is 8.13. The van der Waals surface area contributed by atoms with E-state index in [1.807, 2.05) is 7.11 Å². The molecule has 0 bridgehead atoms. The van der Waals surface area contributed by atoms with E-state index in [0.717, 1.165) is 25.9 Å². The van der Waals surface area contributed by atoms with Gasteiger partial charge in [0.15, 0.2) is 0 Å². The Morgan fingerprint density at radius 3 is 2.75 bits per heavy atom. The number of unbranched alkanes of at least 4 members (excludes halogenated alkanes) is 1. The zero-order chi connectivity index (χ0) is 15.0. The minimum Gasteiger partial charge on any atom is -0.394 e. The molecule has 120 valence electrons. The molecule has 2 unspecified atom stereocenters. The van der Waals surface area contributed by atoms with Crippen LogP contribution in [0.4, 0.5) is 0 Å². The molecule has 2 atom stereocenters. The lowest BCUT2D eigenvalue weighted by Crippen LogP contribution is -2.49. The predicted octanol–water partition coefficient (Wildman–Crippen LogP) is 2.02. The van der Waals surface area contributed by atoms with Gasteiger partial charge in [0, 0.05) is 25.2 Å². The Morgan fingerprint density at radius 1 is 1.40 bits per heavy atom. The minimum absolute atomic E-state index is 0.134. The molecule has 0 amide bonds. The number of hydrogen-bond donors (Lipinski definition) is 2. The van der Waals surface area contributed by atoms with Crippen molar-refractivity contribution >= 4 is 0 Å². The molecule has 20 heavy (non-hydrogen) atoms. The lowest BCUT2D eigenvalue weighted by Gasteiger charge is -2.33. The van der Waals surface area contributed by atoms with Gasteiger partial charge in [0.25, 0.3) is 0 Å². The molecule has 0 aromatic carbocycles. The lowest BCUT2D eigenvalue weighted by molar-refractivity contribution is 0.0305. The van der Waals surface area contributed by atoms with E-state index in [2.05, 4.69) is 31.0 Å². The Kier molecular flexibility index (Phi) is 8.03. The van der Waals surface area contributed by atoms with Gasteiger partial charge >= 0.3 is 0 Å². The van der Waals surface area contributed by atoms with Crippen LogP contribution >= 0.6 is 0 Å². The second-order valence-corrected chi connectivity index (χ2v) is 6.78. The first-order chi connectivity index (χ1) is 9.49. The third-order valence-electron chi connectivity index (χ3n) is 4.23. The SMILES string of the molecule is COC1CCCN(CCCCC(C)(CO)NC(C)C)C1. The largest absolute Gasteiger partial charge is 0.394 e. The van der Waals surface area contributed by atoms with Crippen LogP contribution in [0.3, 0.4) is 0 Å². The van der Waals surface area contributed by atoms with Gasteiger partial charge in [0.1, 0.15) is 0 Å². The van der Waals surface area contributed by atoms with Crippen molar-refractivity contribution in [3.05, 3.63) is 0 Å². The highest BCUT2D eigenvalue weighted by atomic mass is 16.5. The quantitative estimate of drug-likeness (QED) is 0.637. The highest BCUT2D eigenvalue weighted by molar-refractivity contribution is 4.84. The maximum absolute atomic E-state index is 9.56. The standard InChI is InChI=1S/C16H34N2O2/c1-14(2)17-16(3,13-19)9-5-6-10-18-11-7-8-15(12-18)20-4/h14-15,17,19H,5-13H2,1-4H3. The second kappa shape index (κ2) is 8.98. The monoisotopic (exact) mass is 286 g/mol. The number of rotatable bonds is 9. The van der Waals surface area contributed by atoms with Crippen molar-refractivity contribution in [2.75, 3.05) is 33.4 Å². The lowest BCUT2D eigenvalue weighted by atomic mass is 9.94. The number of hydrogen-bond acceptors (Lipinski definition) is 4. The molecule has 1 aliphatic rings. The van der Waals surface area contributed by atoms with Gasteiger partial charge in [-0.05, 0) is 45.7 Å². The molecular weight excluding hydrogens is 252 g/mol. The molecule has 1 heterocycles. The Balaban J connectivity index is 2.20. The average molecular weight is 286 g/mol. The Bertz CT molecular complexity index is 261. The van der Waals surface area contributed by atoms with Crippen LogP contribution < -0.4 is 5.32 Å². The topological polar surface area (TPSA) is 44.7 Å².